The van der Waals surface area contributed by atoms with Crippen molar-refractivity contribution in [3.63, 3.8) is 0 Å². The molecule has 1 aromatic heterocycles. The lowest BCUT2D eigenvalue weighted by Gasteiger charge is -2.14. The standard InChI is InChI=1S/C22H24N2O3S/c1-14-5-7-16(8-6-14)15(2)23-21(25)12-18-13-28-22(24-18)17-9-10-19(26-3)20(11-17)27-4/h5-11,13,15H,12H2,1-4H3,(H,23,25). The van der Waals surface area contributed by atoms with Crippen LogP contribution in [0.1, 0.15) is 29.8 Å². The highest BCUT2D eigenvalue weighted by Crippen LogP contribution is 2.33. The van der Waals surface area contributed by atoms with Crippen LogP contribution in [0.3, 0.4) is 0 Å². The Balaban J connectivity index is 1.65. The van der Waals surface area contributed by atoms with E-state index in [1.807, 2.05) is 61.7 Å². The molecule has 1 atom stereocenters. The van der Waals surface area contributed by atoms with Crippen LogP contribution in [0, 0.1) is 6.92 Å². The summed E-state index contributed by atoms with van der Waals surface area (Å²) in [6, 6.07) is 13.8. The number of thiazole rings is 1. The van der Waals surface area contributed by atoms with Gasteiger partial charge in [-0.2, -0.15) is 0 Å². The van der Waals surface area contributed by atoms with Crippen molar-refractivity contribution < 1.29 is 14.3 Å². The van der Waals surface area contributed by atoms with Gasteiger partial charge in [0.25, 0.3) is 0 Å². The van der Waals surface area contributed by atoms with Crippen molar-refractivity contribution in [1.29, 1.82) is 0 Å². The molecule has 3 aromatic rings. The predicted molar refractivity (Wildman–Crippen MR) is 112 cm³/mol. The highest BCUT2D eigenvalue weighted by atomic mass is 32.1. The van der Waals surface area contributed by atoms with Gasteiger partial charge in [0.05, 0.1) is 32.4 Å². The van der Waals surface area contributed by atoms with E-state index in [0.29, 0.717) is 11.5 Å². The third kappa shape index (κ3) is 4.70. The fraction of sp³-hybridized carbons (Fsp3) is 0.273. The molecule has 1 heterocycles. The predicted octanol–water partition coefficient (Wildman–Crippen LogP) is 4.56. The molecule has 5 nitrogen and oxygen atoms in total. The monoisotopic (exact) mass is 396 g/mol. The second-order valence-electron chi connectivity index (χ2n) is 6.59. The van der Waals surface area contributed by atoms with E-state index in [2.05, 4.69) is 10.3 Å². The molecule has 1 unspecified atom stereocenters. The molecule has 2 aromatic carbocycles. The number of carbonyl (C=O) groups is 1. The Hall–Kier alpha value is -2.86. The van der Waals surface area contributed by atoms with Gasteiger partial charge in [0.2, 0.25) is 5.91 Å². The molecule has 28 heavy (non-hydrogen) atoms. The van der Waals surface area contributed by atoms with Crippen molar-refractivity contribution in [2.45, 2.75) is 26.3 Å². The first kappa shape index (κ1) is 19.9. The van der Waals surface area contributed by atoms with Crippen molar-refractivity contribution in [1.82, 2.24) is 10.3 Å². The number of methoxy groups -OCH3 is 2. The molecule has 0 saturated heterocycles. The SMILES string of the molecule is COc1ccc(-c2nc(CC(=O)NC(C)c3ccc(C)cc3)cs2)cc1OC. The maximum atomic E-state index is 12.4. The average molecular weight is 397 g/mol. The maximum Gasteiger partial charge on any atom is 0.226 e. The van der Waals surface area contributed by atoms with Gasteiger partial charge in [-0.1, -0.05) is 29.8 Å². The quantitative estimate of drug-likeness (QED) is 0.636. The summed E-state index contributed by atoms with van der Waals surface area (Å²) in [5.74, 6) is 1.28. The lowest BCUT2D eigenvalue weighted by atomic mass is 10.1. The summed E-state index contributed by atoms with van der Waals surface area (Å²) >= 11 is 1.51. The van der Waals surface area contributed by atoms with Crippen molar-refractivity contribution >= 4 is 17.2 Å². The smallest absolute Gasteiger partial charge is 0.226 e. The Morgan fingerprint density at radius 2 is 1.82 bits per heavy atom. The number of aromatic nitrogens is 1. The lowest BCUT2D eigenvalue weighted by Crippen LogP contribution is -2.28. The van der Waals surface area contributed by atoms with Gasteiger partial charge in [0, 0.05) is 10.9 Å². The normalized spacial score (nSPS) is 11.7. The fourth-order valence-electron chi connectivity index (χ4n) is 2.89. The van der Waals surface area contributed by atoms with Gasteiger partial charge in [0.15, 0.2) is 11.5 Å². The molecule has 1 N–H and O–H groups in total. The maximum absolute atomic E-state index is 12.4. The molecular weight excluding hydrogens is 372 g/mol. The Labute approximate surface area is 169 Å². The van der Waals surface area contributed by atoms with Crippen LogP contribution in [-0.4, -0.2) is 25.1 Å². The molecular formula is C22H24N2O3S. The van der Waals surface area contributed by atoms with Gasteiger partial charge < -0.3 is 14.8 Å². The van der Waals surface area contributed by atoms with E-state index < -0.39 is 0 Å². The number of carbonyl (C=O) groups excluding carboxylic acids is 1. The zero-order valence-corrected chi connectivity index (χ0v) is 17.3. The Kier molecular flexibility index (Phi) is 6.31. The third-order valence-electron chi connectivity index (χ3n) is 4.48. The molecule has 0 fully saturated rings. The van der Waals surface area contributed by atoms with Gasteiger partial charge in [0.1, 0.15) is 5.01 Å². The summed E-state index contributed by atoms with van der Waals surface area (Å²) in [4.78, 5) is 17.0. The van der Waals surface area contributed by atoms with Gasteiger partial charge in [-0.25, -0.2) is 4.98 Å². The number of nitrogens with one attached hydrogen (secondary N) is 1. The Morgan fingerprint density at radius 1 is 1.11 bits per heavy atom. The number of rotatable bonds is 7. The fourth-order valence-corrected chi connectivity index (χ4v) is 3.70. The van der Waals surface area contributed by atoms with Crippen molar-refractivity contribution in [2.24, 2.45) is 0 Å². The van der Waals surface area contributed by atoms with Crippen molar-refractivity contribution in [3.05, 3.63) is 64.7 Å². The third-order valence-corrected chi connectivity index (χ3v) is 5.42. The molecule has 0 aliphatic heterocycles. The molecule has 0 radical (unpaired) electrons. The molecule has 1 amide bonds. The van der Waals surface area contributed by atoms with E-state index >= 15 is 0 Å². The second kappa shape index (κ2) is 8.89. The van der Waals surface area contributed by atoms with E-state index in [4.69, 9.17) is 9.47 Å². The zero-order chi connectivity index (χ0) is 20.1. The first-order chi connectivity index (χ1) is 13.5. The molecule has 0 aliphatic rings. The number of amides is 1. The highest BCUT2D eigenvalue weighted by Gasteiger charge is 2.14. The second-order valence-corrected chi connectivity index (χ2v) is 7.45. The topological polar surface area (TPSA) is 60.5 Å². The van der Waals surface area contributed by atoms with E-state index in [1.165, 1.54) is 16.9 Å². The number of hydrogen-bond donors (Lipinski definition) is 1. The van der Waals surface area contributed by atoms with Crippen LogP contribution in [-0.2, 0) is 11.2 Å². The molecule has 3 rings (SSSR count). The van der Waals surface area contributed by atoms with Crippen molar-refractivity contribution in [2.75, 3.05) is 14.2 Å². The van der Waals surface area contributed by atoms with Crippen molar-refractivity contribution in [3.8, 4) is 22.1 Å². The summed E-state index contributed by atoms with van der Waals surface area (Å²) < 4.78 is 10.6. The minimum Gasteiger partial charge on any atom is -0.493 e. The number of hydrogen-bond acceptors (Lipinski definition) is 5. The van der Waals surface area contributed by atoms with Gasteiger partial charge in [-0.3, -0.25) is 4.79 Å². The first-order valence-corrected chi connectivity index (χ1v) is 9.91. The van der Waals surface area contributed by atoms with Crippen LogP contribution in [0.4, 0.5) is 0 Å². The molecule has 146 valence electrons. The summed E-state index contributed by atoms with van der Waals surface area (Å²) in [6.07, 6.45) is 0.250. The van der Waals surface area contributed by atoms with Gasteiger partial charge in [-0.05, 0) is 37.6 Å². The van der Waals surface area contributed by atoms with E-state index in [0.717, 1.165) is 21.8 Å². The highest BCUT2D eigenvalue weighted by molar-refractivity contribution is 7.13. The van der Waals surface area contributed by atoms with E-state index in [9.17, 15) is 4.79 Å². The number of benzene rings is 2. The molecule has 6 heteroatoms. The van der Waals surface area contributed by atoms with Crippen LogP contribution >= 0.6 is 11.3 Å². The molecule has 0 bridgehead atoms. The molecule has 0 saturated carbocycles. The van der Waals surface area contributed by atoms with E-state index in [1.54, 1.807) is 14.2 Å². The molecule has 0 spiro atoms. The van der Waals surface area contributed by atoms with Crippen LogP contribution in [0.2, 0.25) is 0 Å². The van der Waals surface area contributed by atoms with E-state index in [-0.39, 0.29) is 18.4 Å². The summed E-state index contributed by atoms with van der Waals surface area (Å²) in [6.45, 7) is 4.03. The number of nitrogens with zero attached hydrogens (tertiary/aromatic N) is 1. The number of ether oxygens (including phenoxy) is 2. The largest absolute Gasteiger partial charge is 0.493 e. The average Bonchev–Trinajstić information content (AvgIpc) is 3.16. The Bertz CT molecular complexity index is 951. The minimum absolute atomic E-state index is 0.0442. The summed E-state index contributed by atoms with van der Waals surface area (Å²) in [7, 11) is 3.21. The zero-order valence-electron chi connectivity index (χ0n) is 16.5. The van der Waals surface area contributed by atoms with Gasteiger partial charge >= 0.3 is 0 Å². The van der Waals surface area contributed by atoms with Crippen LogP contribution in [0.15, 0.2) is 47.8 Å². The lowest BCUT2D eigenvalue weighted by molar-refractivity contribution is -0.121. The minimum atomic E-state index is -0.0444. The van der Waals surface area contributed by atoms with Gasteiger partial charge in [-0.15, -0.1) is 11.3 Å². The van der Waals surface area contributed by atoms with Crippen LogP contribution < -0.4 is 14.8 Å². The number of aryl methyl sites for hydroxylation is 1. The Morgan fingerprint density at radius 3 is 2.50 bits per heavy atom. The summed E-state index contributed by atoms with van der Waals surface area (Å²) in [5.41, 5.74) is 3.97. The first-order valence-electron chi connectivity index (χ1n) is 9.03. The van der Waals surface area contributed by atoms with Crippen LogP contribution in [0.5, 0.6) is 11.5 Å². The summed E-state index contributed by atoms with van der Waals surface area (Å²) in [5, 5.41) is 5.80. The molecule has 0 aliphatic carbocycles. The van der Waals surface area contributed by atoms with Crippen LogP contribution in [0.25, 0.3) is 10.6 Å².